The molecule has 1 saturated heterocycles. The third-order valence-corrected chi connectivity index (χ3v) is 4.96. The van der Waals surface area contributed by atoms with Crippen LogP contribution in [0, 0.1) is 0 Å². The molecule has 0 spiro atoms. The summed E-state index contributed by atoms with van der Waals surface area (Å²) >= 11 is 0. The number of rotatable bonds is 6. The summed E-state index contributed by atoms with van der Waals surface area (Å²) in [5.41, 5.74) is 0.211. The lowest BCUT2D eigenvalue weighted by molar-refractivity contribution is -0.246. The second kappa shape index (κ2) is 7.21. The highest BCUT2D eigenvalue weighted by molar-refractivity contribution is 5.78. The molecule has 0 bridgehead atoms. The van der Waals surface area contributed by atoms with Gasteiger partial charge in [-0.05, 0) is 53.0 Å². The molecule has 1 aromatic rings. The molecule has 2 atom stereocenters. The number of nitrogens with zero attached hydrogens (tertiary/aromatic N) is 1. The van der Waals surface area contributed by atoms with E-state index in [2.05, 4.69) is 29.7 Å². The molecule has 1 amide bonds. The summed E-state index contributed by atoms with van der Waals surface area (Å²) in [6, 6.07) is 10.3. The van der Waals surface area contributed by atoms with Gasteiger partial charge in [-0.2, -0.15) is 0 Å². The Morgan fingerprint density at radius 2 is 1.88 bits per heavy atom. The van der Waals surface area contributed by atoms with Crippen LogP contribution in [-0.2, 0) is 16.4 Å². The third-order valence-electron chi connectivity index (χ3n) is 4.96. The molecule has 2 rings (SSSR count). The van der Waals surface area contributed by atoms with Gasteiger partial charge in [-0.3, -0.25) is 4.79 Å². The van der Waals surface area contributed by atoms with E-state index in [1.54, 1.807) is 0 Å². The van der Waals surface area contributed by atoms with Gasteiger partial charge in [0, 0.05) is 11.6 Å². The molecule has 24 heavy (non-hydrogen) atoms. The fraction of sp³-hybridized carbons (Fsp3) is 0.632. The SMILES string of the molecule is CC(Cc1ccccc1)NCC(=O)NC1CC(C)(C)N([O])C1(C)C. The van der Waals surface area contributed by atoms with Gasteiger partial charge in [-0.25, -0.2) is 0 Å². The van der Waals surface area contributed by atoms with Crippen molar-refractivity contribution < 1.29 is 10.0 Å². The smallest absolute Gasteiger partial charge is 0.234 e. The molecule has 1 heterocycles. The van der Waals surface area contributed by atoms with Crippen molar-refractivity contribution in [2.24, 2.45) is 0 Å². The highest BCUT2D eigenvalue weighted by Gasteiger charge is 2.52. The summed E-state index contributed by atoms with van der Waals surface area (Å²) < 4.78 is 0. The van der Waals surface area contributed by atoms with E-state index < -0.39 is 11.1 Å². The Hall–Kier alpha value is -1.43. The van der Waals surface area contributed by atoms with Crippen LogP contribution >= 0.6 is 0 Å². The average molecular weight is 332 g/mol. The molecule has 0 aromatic heterocycles. The molecule has 1 fully saturated rings. The molecule has 5 heteroatoms. The van der Waals surface area contributed by atoms with E-state index in [1.165, 1.54) is 5.56 Å². The Bertz CT molecular complexity index is 557. The Kier molecular flexibility index (Phi) is 5.68. The molecule has 133 valence electrons. The third kappa shape index (κ3) is 4.35. The first-order valence-corrected chi connectivity index (χ1v) is 8.67. The lowest BCUT2D eigenvalue weighted by Gasteiger charge is -2.33. The first-order valence-electron chi connectivity index (χ1n) is 8.67. The van der Waals surface area contributed by atoms with E-state index in [0.29, 0.717) is 6.42 Å². The highest BCUT2D eigenvalue weighted by atomic mass is 16.5. The fourth-order valence-electron chi connectivity index (χ4n) is 3.53. The molecule has 0 saturated carbocycles. The lowest BCUT2D eigenvalue weighted by Crippen LogP contribution is -2.54. The van der Waals surface area contributed by atoms with Crippen LogP contribution in [0.1, 0.15) is 46.6 Å². The van der Waals surface area contributed by atoms with E-state index in [-0.39, 0.29) is 24.5 Å². The summed E-state index contributed by atoms with van der Waals surface area (Å²) in [6.45, 7) is 9.97. The van der Waals surface area contributed by atoms with E-state index >= 15 is 0 Å². The lowest BCUT2D eigenvalue weighted by atomic mass is 9.94. The minimum atomic E-state index is -0.588. The molecule has 5 nitrogen and oxygen atoms in total. The quantitative estimate of drug-likeness (QED) is 0.840. The van der Waals surface area contributed by atoms with E-state index in [9.17, 15) is 10.0 Å². The van der Waals surface area contributed by atoms with Crippen LogP contribution in [0.15, 0.2) is 30.3 Å². The maximum Gasteiger partial charge on any atom is 0.234 e. The topological polar surface area (TPSA) is 64.3 Å². The first-order chi connectivity index (χ1) is 11.1. The average Bonchev–Trinajstić information content (AvgIpc) is 2.66. The van der Waals surface area contributed by atoms with Gasteiger partial charge in [0.15, 0.2) is 0 Å². The van der Waals surface area contributed by atoms with Gasteiger partial charge >= 0.3 is 0 Å². The molecule has 1 aromatic carbocycles. The van der Waals surface area contributed by atoms with Crippen LogP contribution in [0.3, 0.4) is 0 Å². The normalized spacial score (nSPS) is 23.8. The first kappa shape index (κ1) is 18.9. The van der Waals surface area contributed by atoms with Gasteiger partial charge in [-0.1, -0.05) is 30.3 Å². The minimum absolute atomic E-state index is 0.0564. The van der Waals surface area contributed by atoms with Gasteiger partial charge in [-0.15, -0.1) is 10.3 Å². The molecular formula is C19H30N3O2. The molecule has 1 aliphatic heterocycles. The van der Waals surface area contributed by atoms with Crippen LogP contribution in [0.5, 0.6) is 0 Å². The second-order valence-corrected chi connectivity index (χ2v) is 8.06. The van der Waals surface area contributed by atoms with Gasteiger partial charge in [0.25, 0.3) is 0 Å². The minimum Gasteiger partial charge on any atom is -0.350 e. The van der Waals surface area contributed by atoms with Crippen LogP contribution < -0.4 is 10.6 Å². The number of hydrogen-bond donors (Lipinski definition) is 2. The number of nitrogens with one attached hydrogen (secondary N) is 2. The monoisotopic (exact) mass is 332 g/mol. The number of amides is 1. The van der Waals surface area contributed by atoms with Crippen molar-refractivity contribution in [3.8, 4) is 0 Å². The van der Waals surface area contributed by atoms with Crippen molar-refractivity contribution >= 4 is 5.91 Å². The summed E-state index contributed by atoms with van der Waals surface area (Å²) in [5.74, 6) is -0.0564. The molecule has 0 aliphatic carbocycles. The molecule has 1 aliphatic rings. The van der Waals surface area contributed by atoms with E-state index in [0.717, 1.165) is 11.5 Å². The predicted molar refractivity (Wildman–Crippen MR) is 94.8 cm³/mol. The Balaban J connectivity index is 1.81. The Morgan fingerprint density at radius 3 is 2.42 bits per heavy atom. The largest absolute Gasteiger partial charge is 0.350 e. The van der Waals surface area contributed by atoms with Crippen LogP contribution in [-0.4, -0.2) is 40.7 Å². The van der Waals surface area contributed by atoms with E-state index in [4.69, 9.17) is 0 Å². The summed E-state index contributed by atoms with van der Waals surface area (Å²) in [4.78, 5) is 12.3. The van der Waals surface area contributed by atoms with Gasteiger partial charge in [0.05, 0.1) is 18.1 Å². The molecular weight excluding hydrogens is 302 g/mol. The predicted octanol–water partition coefficient (Wildman–Crippen LogP) is 2.30. The Morgan fingerprint density at radius 1 is 1.25 bits per heavy atom. The highest BCUT2D eigenvalue weighted by Crippen LogP contribution is 2.39. The van der Waals surface area contributed by atoms with Crippen molar-refractivity contribution in [2.45, 2.75) is 70.6 Å². The summed E-state index contributed by atoms with van der Waals surface area (Å²) in [6.07, 6.45) is 1.54. The fourth-order valence-corrected chi connectivity index (χ4v) is 3.53. The zero-order valence-corrected chi connectivity index (χ0v) is 15.4. The summed E-state index contributed by atoms with van der Waals surface area (Å²) in [5, 5.41) is 19.8. The number of hydrogen-bond acceptors (Lipinski definition) is 3. The second-order valence-electron chi connectivity index (χ2n) is 8.06. The Labute approximate surface area is 145 Å². The zero-order valence-electron chi connectivity index (χ0n) is 15.4. The van der Waals surface area contributed by atoms with Crippen molar-refractivity contribution in [1.29, 1.82) is 0 Å². The number of benzene rings is 1. The van der Waals surface area contributed by atoms with Gasteiger partial charge in [0.2, 0.25) is 5.91 Å². The van der Waals surface area contributed by atoms with Gasteiger partial charge < -0.3 is 10.6 Å². The van der Waals surface area contributed by atoms with Crippen molar-refractivity contribution in [2.75, 3.05) is 6.54 Å². The number of carbonyl (C=O) groups is 1. The molecule has 2 unspecified atom stereocenters. The van der Waals surface area contributed by atoms with Crippen molar-refractivity contribution in [1.82, 2.24) is 15.7 Å². The van der Waals surface area contributed by atoms with Crippen LogP contribution in [0.4, 0.5) is 0 Å². The zero-order chi connectivity index (χ0) is 18.0. The van der Waals surface area contributed by atoms with Crippen molar-refractivity contribution in [3.05, 3.63) is 35.9 Å². The van der Waals surface area contributed by atoms with Gasteiger partial charge in [0.1, 0.15) is 0 Å². The van der Waals surface area contributed by atoms with Crippen LogP contribution in [0.25, 0.3) is 0 Å². The molecule has 1 radical (unpaired) electrons. The van der Waals surface area contributed by atoms with Crippen molar-refractivity contribution in [3.63, 3.8) is 0 Å². The van der Waals surface area contributed by atoms with E-state index in [1.807, 2.05) is 45.9 Å². The molecule has 2 N–H and O–H groups in total. The van der Waals surface area contributed by atoms with Crippen LogP contribution in [0.2, 0.25) is 0 Å². The maximum atomic E-state index is 12.4. The number of carbonyl (C=O) groups excluding carboxylic acids is 1. The summed E-state index contributed by atoms with van der Waals surface area (Å²) in [7, 11) is 0. The number of hydroxylamine groups is 2. The standard InChI is InChI=1S/C19H30N3O2/c1-14(11-15-9-7-6-8-10-15)20-13-17(23)21-16-12-18(2,3)22(24)19(16,4)5/h6-10,14,16,20H,11-13H2,1-5H3,(H,21,23). The maximum absolute atomic E-state index is 12.4.